The lowest BCUT2D eigenvalue weighted by atomic mass is 9.51. The molecule has 2 aliphatic rings. The minimum absolute atomic E-state index is 0.442. The molecule has 0 N–H and O–H groups in total. The van der Waals surface area contributed by atoms with E-state index in [0.29, 0.717) is 10.8 Å². The average Bonchev–Trinajstić information content (AvgIpc) is 2.30. The fourth-order valence-electron chi connectivity index (χ4n) is 4.25. The molecule has 0 heteroatoms. The van der Waals surface area contributed by atoms with Gasteiger partial charge in [-0.2, -0.15) is 0 Å². The van der Waals surface area contributed by atoms with Gasteiger partial charge in [-0.15, -0.1) is 0 Å². The van der Waals surface area contributed by atoms with Crippen LogP contribution in [0.1, 0.15) is 80.1 Å². The smallest absolute Gasteiger partial charge is 0.0178 e. The second kappa shape index (κ2) is 5.26. The summed E-state index contributed by atoms with van der Waals surface area (Å²) in [5.74, 6) is 2.58. The highest BCUT2D eigenvalue weighted by Gasteiger charge is 2.48. The molecule has 2 fully saturated rings. The Labute approximate surface area is 121 Å². The van der Waals surface area contributed by atoms with Gasteiger partial charge in [-0.05, 0) is 61.2 Å². The van der Waals surface area contributed by atoms with E-state index in [4.69, 9.17) is 0 Å². The molecule has 3 unspecified atom stereocenters. The summed E-state index contributed by atoms with van der Waals surface area (Å²) in [7, 11) is 0. The molecule has 19 heavy (non-hydrogen) atoms. The number of allylic oxidation sites excluding steroid dienone is 2. The number of rotatable bonds is 5. The van der Waals surface area contributed by atoms with E-state index in [2.05, 4.69) is 47.6 Å². The predicted molar refractivity (Wildman–Crippen MR) is 85.2 cm³/mol. The van der Waals surface area contributed by atoms with Gasteiger partial charge in [-0.1, -0.05) is 59.1 Å². The van der Waals surface area contributed by atoms with Gasteiger partial charge in [-0.25, -0.2) is 0 Å². The van der Waals surface area contributed by atoms with Crippen LogP contribution >= 0.6 is 0 Å². The van der Waals surface area contributed by atoms with Crippen LogP contribution in [0.2, 0.25) is 0 Å². The van der Waals surface area contributed by atoms with Gasteiger partial charge in [0.2, 0.25) is 0 Å². The van der Waals surface area contributed by atoms with Crippen molar-refractivity contribution >= 4 is 0 Å². The normalized spacial score (nSPS) is 32.4. The van der Waals surface area contributed by atoms with Crippen LogP contribution in [0, 0.1) is 28.6 Å². The monoisotopic (exact) mass is 262 g/mol. The first-order valence-electron chi connectivity index (χ1n) is 8.50. The molecule has 0 amide bonds. The zero-order valence-electron chi connectivity index (χ0n) is 14.1. The summed E-state index contributed by atoms with van der Waals surface area (Å²) >= 11 is 0. The fourth-order valence-corrected chi connectivity index (χ4v) is 4.25. The SMILES string of the molecule is CCC1CCC1C=C(C)C(C)C(C)(C)C1(C)CCC1. The van der Waals surface area contributed by atoms with E-state index in [1.165, 1.54) is 38.5 Å². The summed E-state index contributed by atoms with van der Waals surface area (Å²) in [6.45, 7) is 14.7. The third-order valence-corrected chi connectivity index (χ3v) is 7.26. The number of hydrogen-bond donors (Lipinski definition) is 0. The van der Waals surface area contributed by atoms with E-state index in [1.807, 2.05) is 0 Å². The Kier molecular flexibility index (Phi) is 4.19. The highest BCUT2D eigenvalue weighted by atomic mass is 14.5. The zero-order valence-corrected chi connectivity index (χ0v) is 14.1. The Bertz CT molecular complexity index is 341. The maximum Gasteiger partial charge on any atom is -0.0178 e. The maximum absolute atomic E-state index is 2.63. The highest BCUT2D eigenvalue weighted by molar-refractivity contribution is 5.14. The van der Waals surface area contributed by atoms with Crippen LogP contribution < -0.4 is 0 Å². The Morgan fingerprint density at radius 1 is 1.32 bits per heavy atom. The van der Waals surface area contributed by atoms with Gasteiger partial charge >= 0.3 is 0 Å². The van der Waals surface area contributed by atoms with E-state index in [9.17, 15) is 0 Å². The maximum atomic E-state index is 2.63. The largest absolute Gasteiger partial charge is 0.0819 e. The Balaban J connectivity index is 2.06. The lowest BCUT2D eigenvalue weighted by Crippen LogP contribution is -2.45. The van der Waals surface area contributed by atoms with E-state index >= 15 is 0 Å². The predicted octanol–water partition coefficient (Wildman–Crippen LogP) is 6.22. The van der Waals surface area contributed by atoms with Crippen molar-refractivity contribution in [3.63, 3.8) is 0 Å². The zero-order chi connectivity index (χ0) is 14.3. The second-order valence-corrected chi connectivity index (χ2v) is 8.18. The van der Waals surface area contributed by atoms with Gasteiger partial charge in [0.25, 0.3) is 0 Å². The average molecular weight is 262 g/mol. The number of hydrogen-bond acceptors (Lipinski definition) is 0. The summed E-state index contributed by atoms with van der Waals surface area (Å²) in [6, 6.07) is 0. The van der Waals surface area contributed by atoms with Gasteiger partial charge < -0.3 is 0 Å². The molecular formula is C19H34. The van der Waals surface area contributed by atoms with Gasteiger partial charge in [0.15, 0.2) is 0 Å². The summed E-state index contributed by atoms with van der Waals surface area (Å²) in [4.78, 5) is 0. The van der Waals surface area contributed by atoms with Crippen LogP contribution in [0.4, 0.5) is 0 Å². The van der Waals surface area contributed by atoms with Crippen LogP contribution in [0.3, 0.4) is 0 Å². The topological polar surface area (TPSA) is 0 Å². The molecular weight excluding hydrogens is 228 g/mol. The molecule has 0 aromatic rings. The lowest BCUT2D eigenvalue weighted by molar-refractivity contribution is -0.0262. The molecule has 0 aromatic heterocycles. The summed E-state index contributed by atoms with van der Waals surface area (Å²) in [6.07, 6.45) is 11.2. The first kappa shape index (κ1) is 15.1. The van der Waals surface area contributed by atoms with Crippen molar-refractivity contribution in [3.05, 3.63) is 11.6 Å². The lowest BCUT2D eigenvalue weighted by Gasteiger charge is -2.54. The first-order valence-corrected chi connectivity index (χ1v) is 8.50. The molecule has 0 aliphatic heterocycles. The van der Waals surface area contributed by atoms with Crippen molar-refractivity contribution in [1.29, 1.82) is 0 Å². The van der Waals surface area contributed by atoms with Gasteiger partial charge in [0.1, 0.15) is 0 Å². The Morgan fingerprint density at radius 3 is 2.32 bits per heavy atom. The second-order valence-electron chi connectivity index (χ2n) is 8.18. The minimum Gasteiger partial charge on any atom is -0.0819 e. The summed E-state index contributed by atoms with van der Waals surface area (Å²) in [5.41, 5.74) is 2.67. The molecule has 0 heterocycles. The standard InChI is InChI=1S/C19H34/c1-7-16-9-10-17(16)13-14(2)15(3)18(4,5)19(6)11-8-12-19/h13,15-17H,7-12H2,1-6H3. The molecule has 0 bridgehead atoms. The van der Waals surface area contributed by atoms with Gasteiger partial charge in [0.05, 0.1) is 0 Å². The van der Waals surface area contributed by atoms with Crippen molar-refractivity contribution < 1.29 is 0 Å². The molecule has 0 nitrogen and oxygen atoms in total. The summed E-state index contributed by atoms with van der Waals surface area (Å²) < 4.78 is 0. The van der Waals surface area contributed by atoms with Crippen LogP contribution in [-0.4, -0.2) is 0 Å². The molecule has 2 saturated carbocycles. The van der Waals surface area contributed by atoms with Crippen molar-refractivity contribution in [2.45, 2.75) is 80.1 Å². The third-order valence-electron chi connectivity index (χ3n) is 7.26. The molecule has 2 aliphatic carbocycles. The van der Waals surface area contributed by atoms with Crippen molar-refractivity contribution in [1.82, 2.24) is 0 Å². The van der Waals surface area contributed by atoms with Crippen LogP contribution in [0.5, 0.6) is 0 Å². The minimum atomic E-state index is 0.442. The van der Waals surface area contributed by atoms with Crippen LogP contribution in [-0.2, 0) is 0 Å². The van der Waals surface area contributed by atoms with E-state index in [1.54, 1.807) is 5.57 Å². The summed E-state index contributed by atoms with van der Waals surface area (Å²) in [5, 5.41) is 0. The van der Waals surface area contributed by atoms with Gasteiger partial charge in [-0.3, -0.25) is 0 Å². The highest BCUT2D eigenvalue weighted by Crippen LogP contribution is 2.58. The van der Waals surface area contributed by atoms with E-state index in [-0.39, 0.29) is 0 Å². The van der Waals surface area contributed by atoms with Crippen LogP contribution in [0.25, 0.3) is 0 Å². The Hall–Kier alpha value is -0.260. The molecule has 0 saturated heterocycles. The fraction of sp³-hybridized carbons (Fsp3) is 0.895. The molecule has 0 radical (unpaired) electrons. The van der Waals surface area contributed by atoms with Crippen LogP contribution in [0.15, 0.2) is 11.6 Å². The molecule has 0 spiro atoms. The van der Waals surface area contributed by atoms with E-state index < -0.39 is 0 Å². The molecule has 0 aromatic carbocycles. The van der Waals surface area contributed by atoms with Gasteiger partial charge in [0, 0.05) is 0 Å². The quantitative estimate of drug-likeness (QED) is 0.516. The molecule has 110 valence electrons. The van der Waals surface area contributed by atoms with Crippen molar-refractivity contribution in [3.8, 4) is 0 Å². The Morgan fingerprint density at radius 2 is 1.95 bits per heavy atom. The molecule has 2 rings (SSSR count). The van der Waals surface area contributed by atoms with Crippen molar-refractivity contribution in [2.75, 3.05) is 0 Å². The third kappa shape index (κ3) is 2.52. The van der Waals surface area contributed by atoms with Crippen molar-refractivity contribution in [2.24, 2.45) is 28.6 Å². The molecule has 3 atom stereocenters. The first-order chi connectivity index (χ1) is 8.82. The van der Waals surface area contributed by atoms with E-state index in [0.717, 1.165) is 17.8 Å².